The van der Waals surface area contributed by atoms with Crippen molar-refractivity contribution in [1.82, 2.24) is 20.5 Å². The van der Waals surface area contributed by atoms with Crippen LogP contribution in [0.3, 0.4) is 0 Å². The van der Waals surface area contributed by atoms with Crippen LogP contribution in [0.4, 0.5) is 0 Å². The van der Waals surface area contributed by atoms with Crippen LogP contribution in [0.5, 0.6) is 0 Å². The average molecular weight is 238 g/mol. The minimum Gasteiger partial charge on any atom is -0.347 e. The first-order chi connectivity index (χ1) is 8.13. The van der Waals surface area contributed by atoms with E-state index in [2.05, 4.69) is 27.4 Å². The molecule has 2 N–H and O–H groups in total. The van der Waals surface area contributed by atoms with E-state index in [-0.39, 0.29) is 17.8 Å². The molecule has 1 unspecified atom stereocenters. The van der Waals surface area contributed by atoms with Gasteiger partial charge in [-0.2, -0.15) is 0 Å². The molecule has 0 fully saturated rings. The number of aryl methyl sites for hydroxylation is 1. The lowest BCUT2D eigenvalue weighted by molar-refractivity contribution is 0.0927. The monoisotopic (exact) mass is 238 g/mol. The lowest BCUT2D eigenvalue weighted by Gasteiger charge is -2.11. The van der Waals surface area contributed by atoms with E-state index >= 15 is 0 Å². The minimum atomic E-state index is -0.197. The number of unbranched alkanes of at least 4 members (excludes halogenated alkanes) is 3. The van der Waals surface area contributed by atoms with Crippen LogP contribution in [0, 0.1) is 6.92 Å². The van der Waals surface area contributed by atoms with Crippen molar-refractivity contribution in [1.29, 1.82) is 0 Å². The highest BCUT2D eigenvalue weighted by Crippen LogP contribution is 2.05. The summed E-state index contributed by atoms with van der Waals surface area (Å²) in [5.41, 5.74) is 0. The maximum absolute atomic E-state index is 11.7. The summed E-state index contributed by atoms with van der Waals surface area (Å²) in [7, 11) is 0. The van der Waals surface area contributed by atoms with Crippen molar-refractivity contribution in [2.75, 3.05) is 0 Å². The standard InChI is InChI=1S/C12H22N4O/c1-4-5-6-7-8-9(2)13-12(17)11-14-10(3)15-16-11/h9H,4-8H2,1-3H3,(H,13,17)(H,14,15,16). The van der Waals surface area contributed by atoms with Crippen molar-refractivity contribution in [2.45, 2.75) is 58.9 Å². The minimum absolute atomic E-state index is 0.179. The van der Waals surface area contributed by atoms with Gasteiger partial charge in [0.05, 0.1) is 0 Å². The Balaban J connectivity index is 2.26. The van der Waals surface area contributed by atoms with Crippen LogP contribution in [-0.4, -0.2) is 27.1 Å². The number of rotatable bonds is 7. The molecule has 5 heteroatoms. The van der Waals surface area contributed by atoms with E-state index < -0.39 is 0 Å². The van der Waals surface area contributed by atoms with Gasteiger partial charge in [-0.1, -0.05) is 32.6 Å². The van der Waals surface area contributed by atoms with Gasteiger partial charge in [0, 0.05) is 6.04 Å². The molecule has 0 aliphatic carbocycles. The molecule has 0 aromatic carbocycles. The van der Waals surface area contributed by atoms with Crippen molar-refractivity contribution in [2.24, 2.45) is 0 Å². The van der Waals surface area contributed by atoms with Crippen molar-refractivity contribution in [3.63, 3.8) is 0 Å². The van der Waals surface area contributed by atoms with E-state index in [1.165, 1.54) is 19.3 Å². The Morgan fingerprint density at radius 3 is 2.76 bits per heavy atom. The Morgan fingerprint density at radius 2 is 2.18 bits per heavy atom. The number of nitrogens with zero attached hydrogens (tertiary/aromatic N) is 2. The Bertz CT molecular complexity index is 348. The molecule has 0 saturated heterocycles. The molecule has 1 atom stereocenters. The molecule has 0 saturated carbocycles. The number of hydrogen-bond acceptors (Lipinski definition) is 3. The van der Waals surface area contributed by atoms with E-state index in [1.54, 1.807) is 6.92 Å². The Hall–Kier alpha value is -1.39. The van der Waals surface area contributed by atoms with Crippen LogP contribution in [0.15, 0.2) is 0 Å². The summed E-state index contributed by atoms with van der Waals surface area (Å²) in [4.78, 5) is 15.7. The molecule has 96 valence electrons. The van der Waals surface area contributed by atoms with Gasteiger partial charge >= 0.3 is 0 Å². The summed E-state index contributed by atoms with van der Waals surface area (Å²) in [5, 5.41) is 9.39. The van der Waals surface area contributed by atoms with Gasteiger partial charge in [0.2, 0.25) is 5.82 Å². The SMILES string of the molecule is CCCCCCC(C)NC(=O)c1n[nH]c(C)n1. The first-order valence-electron chi connectivity index (χ1n) is 6.33. The first-order valence-corrected chi connectivity index (χ1v) is 6.33. The number of carbonyl (C=O) groups excluding carboxylic acids is 1. The van der Waals surface area contributed by atoms with Gasteiger partial charge in [-0.05, 0) is 20.3 Å². The molecule has 1 amide bonds. The highest BCUT2D eigenvalue weighted by atomic mass is 16.2. The van der Waals surface area contributed by atoms with E-state index in [9.17, 15) is 4.79 Å². The highest BCUT2D eigenvalue weighted by molar-refractivity contribution is 5.90. The van der Waals surface area contributed by atoms with Crippen LogP contribution >= 0.6 is 0 Å². The van der Waals surface area contributed by atoms with Crippen molar-refractivity contribution in [3.8, 4) is 0 Å². The second kappa shape index (κ2) is 7.04. The Kier molecular flexibility index (Phi) is 5.66. The summed E-state index contributed by atoms with van der Waals surface area (Å²) in [5.74, 6) is 0.686. The van der Waals surface area contributed by atoms with Gasteiger partial charge in [0.25, 0.3) is 5.91 Å². The topological polar surface area (TPSA) is 70.7 Å². The highest BCUT2D eigenvalue weighted by Gasteiger charge is 2.13. The largest absolute Gasteiger partial charge is 0.347 e. The van der Waals surface area contributed by atoms with Crippen LogP contribution in [-0.2, 0) is 0 Å². The maximum Gasteiger partial charge on any atom is 0.291 e. The fourth-order valence-corrected chi connectivity index (χ4v) is 1.68. The number of aromatic amines is 1. The van der Waals surface area contributed by atoms with Gasteiger partial charge in [-0.25, -0.2) is 4.98 Å². The zero-order valence-corrected chi connectivity index (χ0v) is 10.9. The Morgan fingerprint density at radius 1 is 1.41 bits per heavy atom. The second-order valence-corrected chi connectivity index (χ2v) is 4.47. The number of carbonyl (C=O) groups is 1. The third-order valence-corrected chi connectivity index (χ3v) is 2.67. The predicted octanol–water partition coefficient (Wildman–Crippen LogP) is 2.20. The third kappa shape index (κ3) is 4.97. The molecular formula is C12H22N4O. The van der Waals surface area contributed by atoms with E-state index in [1.807, 2.05) is 6.92 Å². The lowest BCUT2D eigenvalue weighted by atomic mass is 10.1. The molecule has 0 aliphatic heterocycles. The normalized spacial score (nSPS) is 12.4. The van der Waals surface area contributed by atoms with E-state index in [4.69, 9.17) is 0 Å². The van der Waals surface area contributed by atoms with Crippen molar-refractivity contribution >= 4 is 5.91 Å². The lowest BCUT2D eigenvalue weighted by Crippen LogP contribution is -2.33. The number of nitrogens with one attached hydrogen (secondary N) is 2. The number of amides is 1. The fraction of sp³-hybridized carbons (Fsp3) is 0.750. The van der Waals surface area contributed by atoms with Crippen LogP contribution in [0.25, 0.3) is 0 Å². The van der Waals surface area contributed by atoms with Crippen molar-refractivity contribution < 1.29 is 4.79 Å². The number of H-pyrrole nitrogens is 1. The summed E-state index contributed by atoms with van der Waals surface area (Å²) >= 11 is 0. The van der Waals surface area contributed by atoms with Crippen LogP contribution < -0.4 is 5.32 Å². The van der Waals surface area contributed by atoms with Gasteiger partial charge in [-0.15, -0.1) is 5.10 Å². The van der Waals surface area contributed by atoms with Gasteiger partial charge in [-0.3, -0.25) is 9.89 Å². The number of aromatic nitrogens is 3. The van der Waals surface area contributed by atoms with Gasteiger partial charge < -0.3 is 5.32 Å². The summed E-state index contributed by atoms with van der Waals surface area (Å²) in [6.07, 6.45) is 5.89. The summed E-state index contributed by atoms with van der Waals surface area (Å²) in [6, 6.07) is 0.179. The molecule has 0 aliphatic rings. The molecule has 17 heavy (non-hydrogen) atoms. The quantitative estimate of drug-likeness (QED) is 0.715. The van der Waals surface area contributed by atoms with Gasteiger partial charge in [0.15, 0.2) is 0 Å². The Labute approximate surface area is 102 Å². The van der Waals surface area contributed by atoms with E-state index in [0.717, 1.165) is 12.8 Å². The predicted molar refractivity (Wildman–Crippen MR) is 66.8 cm³/mol. The molecule has 0 radical (unpaired) electrons. The van der Waals surface area contributed by atoms with Crippen molar-refractivity contribution in [3.05, 3.63) is 11.6 Å². The molecule has 1 aromatic heterocycles. The smallest absolute Gasteiger partial charge is 0.291 e. The van der Waals surface area contributed by atoms with Crippen LogP contribution in [0.1, 0.15) is 62.4 Å². The molecular weight excluding hydrogens is 216 g/mol. The summed E-state index contributed by atoms with van der Waals surface area (Å²) in [6.45, 7) is 5.98. The van der Waals surface area contributed by atoms with E-state index in [0.29, 0.717) is 5.82 Å². The molecule has 1 rings (SSSR count). The molecule has 0 spiro atoms. The summed E-state index contributed by atoms with van der Waals surface area (Å²) < 4.78 is 0. The molecule has 1 heterocycles. The second-order valence-electron chi connectivity index (χ2n) is 4.47. The molecule has 0 bridgehead atoms. The maximum atomic E-state index is 11.7. The first kappa shape index (κ1) is 13.7. The van der Waals surface area contributed by atoms with Crippen LogP contribution in [0.2, 0.25) is 0 Å². The fourth-order valence-electron chi connectivity index (χ4n) is 1.68. The third-order valence-electron chi connectivity index (χ3n) is 2.67. The zero-order chi connectivity index (χ0) is 12.7. The zero-order valence-electron chi connectivity index (χ0n) is 10.9. The molecule has 5 nitrogen and oxygen atoms in total. The average Bonchev–Trinajstić information content (AvgIpc) is 2.71. The van der Waals surface area contributed by atoms with Gasteiger partial charge in [0.1, 0.15) is 5.82 Å². The number of hydrogen-bond donors (Lipinski definition) is 2. The molecule has 1 aromatic rings.